The number of carbonyl (C=O) groups is 2. The topological polar surface area (TPSA) is 67.2 Å². The number of carbonyl (C=O) groups excluding carboxylic acids is 2. The molecule has 2 amide bonds. The Morgan fingerprint density at radius 3 is 2.42 bits per heavy atom. The van der Waals surface area contributed by atoms with Crippen LogP contribution in [-0.2, 0) is 22.1 Å². The van der Waals surface area contributed by atoms with Gasteiger partial charge in [0.05, 0.1) is 12.2 Å². The number of rotatable bonds is 7. The van der Waals surface area contributed by atoms with Crippen LogP contribution in [0.3, 0.4) is 0 Å². The summed E-state index contributed by atoms with van der Waals surface area (Å²) in [5.74, 6) is 0.360. The zero-order chi connectivity index (χ0) is 18.5. The van der Waals surface area contributed by atoms with E-state index in [1.165, 1.54) is 0 Å². The van der Waals surface area contributed by atoms with Crippen LogP contribution >= 0.6 is 0 Å². The van der Waals surface area contributed by atoms with Crippen LogP contribution in [0.4, 0.5) is 5.82 Å². The molecule has 0 saturated carbocycles. The summed E-state index contributed by atoms with van der Waals surface area (Å²) in [5, 5.41) is 7.32. The van der Waals surface area contributed by atoms with Gasteiger partial charge in [-0.05, 0) is 6.42 Å². The summed E-state index contributed by atoms with van der Waals surface area (Å²) in [6.45, 7) is 12.7. The first kappa shape index (κ1) is 20.2. The molecule has 0 aromatic carbocycles. The summed E-state index contributed by atoms with van der Waals surface area (Å²) >= 11 is 0. The van der Waals surface area contributed by atoms with Gasteiger partial charge in [-0.25, -0.2) is 0 Å². The van der Waals surface area contributed by atoms with Crippen LogP contribution in [0, 0.1) is 5.92 Å². The molecule has 0 bridgehead atoms. The normalized spacial score (nSPS) is 11.7. The summed E-state index contributed by atoms with van der Waals surface area (Å²) in [4.78, 5) is 26.3. The first-order valence-corrected chi connectivity index (χ1v) is 8.69. The molecule has 1 heterocycles. The van der Waals surface area contributed by atoms with Crippen molar-refractivity contribution >= 4 is 17.6 Å². The van der Waals surface area contributed by atoms with Gasteiger partial charge in [0.15, 0.2) is 0 Å². The van der Waals surface area contributed by atoms with E-state index in [4.69, 9.17) is 0 Å². The second-order valence-electron chi connectivity index (χ2n) is 7.60. The Morgan fingerprint density at radius 1 is 1.33 bits per heavy atom. The van der Waals surface area contributed by atoms with Gasteiger partial charge in [0, 0.05) is 31.0 Å². The number of amides is 2. The van der Waals surface area contributed by atoms with Crippen LogP contribution in [-0.4, -0.2) is 39.6 Å². The van der Waals surface area contributed by atoms with Crippen molar-refractivity contribution in [3.63, 3.8) is 0 Å². The smallest absolute Gasteiger partial charge is 0.245 e. The van der Waals surface area contributed by atoms with E-state index in [1.54, 1.807) is 16.6 Å². The third kappa shape index (κ3) is 5.65. The highest BCUT2D eigenvalue weighted by molar-refractivity contribution is 5.94. The quantitative estimate of drug-likeness (QED) is 0.832. The van der Waals surface area contributed by atoms with Gasteiger partial charge in [0.25, 0.3) is 0 Å². The number of anilines is 1. The van der Waals surface area contributed by atoms with E-state index >= 15 is 0 Å². The number of hydrogen-bond acceptors (Lipinski definition) is 3. The van der Waals surface area contributed by atoms with Crippen LogP contribution < -0.4 is 5.32 Å². The average Bonchev–Trinajstić information content (AvgIpc) is 2.83. The summed E-state index contributed by atoms with van der Waals surface area (Å²) in [5.41, 5.74) is 0.836. The number of unbranched alkanes of at least 4 members (excludes halogenated alkanes) is 1. The van der Waals surface area contributed by atoms with E-state index in [1.807, 2.05) is 19.9 Å². The van der Waals surface area contributed by atoms with Crippen molar-refractivity contribution in [1.29, 1.82) is 0 Å². The largest absolute Gasteiger partial charge is 0.333 e. The monoisotopic (exact) mass is 336 g/mol. The van der Waals surface area contributed by atoms with Crippen molar-refractivity contribution in [3.05, 3.63) is 11.8 Å². The van der Waals surface area contributed by atoms with Gasteiger partial charge in [-0.2, -0.15) is 5.10 Å². The molecule has 136 valence electrons. The molecule has 0 unspecified atom stereocenters. The highest BCUT2D eigenvalue weighted by Crippen LogP contribution is 2.23. The van der Waals surface area contributed by atoms with Gasteiger partial charge >= 0.3 is 0 Å². The molecule has 0 fully saturated rings. The molecule has 0 aliphatic carbocycles. The highest BCUT2D eigenvalue weighted by atomic mass is 16.2. The van der Waals surface area contributed by atoms with Gasteiger partial charge in [0.2, 0.25) is 11.8 Å². The lowest BCUT2D eigenvalue weighted by atomic mass is 9.92. The molecule has 1 aromatic rings. The summed E-state index contributed by atoms with van der Waals surface area (Å²) < 4.78 is 1.67. The third-order valence-electron chi connectivity index (χ3n) is 3.84. The number of hydrogen-bond donors (Lipinski definition) is 1. The standard InChI is InChI=1S/C18H32N4O2/c1-8-9-10-22(17(24)13(2)3)12-16(23)19-15-11-14(18(4,5)6)20-21(15)7/h11,13H,8-10,12H2,1-7H3,(H,19,23). The van der Waals surface area contributed by atoms with Gasteiger partial charge in [-0.3, -0.25) is 14.3 Å². The predicted molar refractivity (Wildman–Crippen MR) is 96.9 cm³/mol. The first-order chi connectivity index (χ1) is 11.1. The van der Waals surface area contributed by atoms with Crippen LogP contribution in [0.1, 0.15) is 60.1 Å². The van der Waals surface area contributed by atoms with Crippen molar-refractivity contribution in [3.8, 4) is 0 Å². The number of nitrogens with one attached hydrogen (secondary N) is 1. The molecule has 0 aliphatic heterocycles. The minimum absolute atomic E-state index is 0.0130. The Hall–Kier alpha value is -1.85. The van der Waals surface area contributed by atoms with Crippen LogP contribution in [0.5, 0.6) is 0 Å². The Kier molecular flexibility index (Phi) is 6.99. The zero-order valence-corrected chi connectivity index (χ0v) is 16.1. The molecule has 6 nitrogen and oxygen atoms in total. The van der Waals surface area contributed by atoms with Gasteiger partial charge in [-0.15, -0.1) is 0 Å². The second kappa shape index (κ2) is 8.31. The van der Waals surface area contributed by atoms with Gasteiger partial charge in [0.1, 0.15) is 5.82 Å². The lowest BCUT2D eigenvalue weighted by Crippen LogP contribution is -2.40. The fraction of sp³-hybridized carbons (Fsp3) is 0.722. The second-order valence-corrected chi connectivity index (χ2v) is 7.60. The lowest BCUT2D eigenvalue weighted by Gasteiger charge is -2.23. The average molecular weight is 336 g/mol. The number of aromatic nitrogens is 2. The SMILES string of the molecule is CCCCN(CC(=O)Nc1cc(C(C)(C)C)nn1C)C(=O)C(C)C. The van der Waals surface area contributed by atoms with Crippen LogP contribution in [0.15, 0.2) is 6.07 Å². The van der Waals surface area contributed by atoms with E-state index in [-0.39, 0.29) is 29.7 Å². The van der Waals surface area contributed by atoms with Crippen molar-refractivity contribution in [2.24, 2.45) is 13.0 Å². The van der Waals surface area contributed by atoms with Crippen molar-refractivity contribution in [2.45, 2.75) is 59.8 Å². The molecule has 0 spiro atoms. The maximum Gasteiger partial charge on any atom is 0.245 e. The molecule has 6 heteroatoms. The molecular weight excluding hydrogens is 304 g/mol. The van der Waals surface area contributed by atoms with Gasteiger partial charge < -0.3 is 10.2 Å². The molecule has 1 aromatic heterocycles. The lowest BCUT2D eigenvalue weighted by molar-refractivity contribution is -0.137. The van der Waals surface area contributed by atoms with E-state index in [0.29, 0.717) is 12.4 Å². The Balaban J connectivity index is 2.79. The van der Waals surface area contributed by atoms with Crippen molar-refractivity contribution < 1.29 is 9.59 Å². The van der Waals surface area contributed by atoms with Gasteiger partial charge in [-0.1, -0.05) is 48.0 Å². The minimum atomic E-state index is -0.191. The Bertz CT molecular complexity index is 570. The third-order valence-corrected chi connectivity index (χ3v) is 3.84. The minimum Gasteiger partial charge on any atom is -0.333 e. The molecule has 1 N–H and O–H groups in total. The molecular formula is C18H32N4O2. The summed E-state index contributed by atoms with van der Waals surface area (Å²) in [6.07, 6.45) is 1.88. The molecule has 24 heavy (non-hydrogen) atoms. The number of nitrogens with zero attached hydrogens (tertiary/aromatic N) is 3. The Labute approximate surface area is 145 Å². The molecule has 1 rings (SSSR count). The predicted octanol–water partition coefficient (Wildman–Crippen LogP) is 2.94. The first-order valence-electron chi connectivity index (χ1n) is 8.69. The molecule has 0 radical (unpaired) electrons. The fourth-order valence-corrected chi connectivity index (χ4v) is 2.29. The van der Waals surface area contributed by atoms with Crippen molar-refractivity contribution in [1.82, 2.24) is 14.7 Å². The summed E-state index contributed by atoms with van der Waals surface area (Å²) in [7, 11) is 1.80. The molecule has 0 aliphatic rings. The fourth-order valence-electron chi connectivity index (χ4n) is 2.29. The van der Waals surface area contributed by atoms with E-state index in [2.05, 4.69) is 38.1 Å². The molecule has 0 atom stereocenters. The molecule has 0 saturated heterocycles. The highest BCUT2D eigenvalue weighted by Gasteiger charge is 2.22. The van der Waals surface area contributed by atoms with Crippen molar-refractivity contribution in [2.75, 3.05) is 18.4 Å². The Morgan fingerprint density at radius 2 is 1.96 bits per heavy atom. The maximum atomic E-state index is 12.4. The van der Waals surface area contributed by atoms with Crippen LogP contribution in [0.25, 0.3) is 0 Å². The van der Waals surface area contributed by atoms with E-state index in [0.717, 1.165) is 18.5 Å². The maximum absolute atomic E-state index is 12.4. The van der Waals surface area contributed by atoms with Crippen LogP contribution in [0.2, 0.25) is 0 Å². The summed E-state index contributed by atoms with van der Waals surface area (Å²) in [6, 6.07) is 1.89. The van der Waals surface area contributed by atoms with E-state index < -0.39 is 0 Å². The van der Waals surface area contributed by atoms with E-state index in [9.17, 15) is 9.59 Å². The number of aryl methyl sites for hydroxylation is 1. The zero-order valence-electron chi connectivity index (χ0n) is 16.1.